The highest BCUT2D eigenvalue weighted by Crippen LogP contribution is 1.79. The number of esters is 1. The molecule has 0 aliphatic carbocycles. The molecule has 0 saturated heterocycles. The van der Waals surface area contributed by atoms with Crippen molar-refractivity contribution in [3.63, 3.8) is 0 Å². The van der Waals surface area contributed by atoms with Gasteiger partial charge in [0.15, 0.2) is 0 Å². The van der Waals surface area contributed by atoms with E-state index >= 15 is 0 Å². The zero-order valence-corrected chi connectivity index (χ0v) is 7.09. The summed E-state index contributed by atoms with van der Waals surface area (Å²) in [5.74, 6) is -0.295. The fourth-order valence-electron chi connectivity index (χ4n) is 0.545. The fourth-order valence-corrected chi connectivity index (χ4v) is 0.545. The van der Waals surface area contributed by atoms with Crippen LogP contribution in [0.4, 0.5) is 0 Å². The Hall–Kier alpha value is -0.990. The molecule has 0 aromatic carbocycles. The van der Waals surface area contributed by atoms with Crippen LogP contribution < -0.4 is 5.32 Å². The third-order valence-corrected chi connectivity index (χ3v) is 1.02. The Bertz CT molecular complexity index is 132. The lowest BCUT2D eigenvalue weighted by Crippen LogP contribution is -2.07. The average Bonchev–Trinajstić information content (AvgIpc) is 1.99. The van der Waals surface area contributed by atoms with E-state index in [0.717, 1.165) is 13.0 Å². The van der Waals surface area contributed by atoms with E-state index in [1.54, 1.807) is 13.1 Å². The summed E-state index contributed by atoms with van der Waals surface area (Å²) in [4.78, 5) is 10.7. The highest BCUT2D eigenvalue weighted by molar-refractivity contribution is 5.81. The molecule has 3 heteroatoms. The Morgan fingerprint density at radius 1 is 1.55 bits per heavy atom. The van der Waals surface area contributed by atoms with E-state index in [1.165, 1.54) is 6.08 Å². The number of rotatable bonds is 5. The third-order valence-electron chi connectivity index (χ3n) is 1.02. The molecule has 0 radical (unpaired) electrons. The Kier molecular flexibility index (Phi) is 6.48. The van der Waals surface area contributed by atoms with Crippen LogP contribution in [0.1, 0.15) is 20.3 Å². The lowest BCUT2D eigenvalue weighted by molar-refractivity contribution is -0.137. The maximum absolute atomic E-state index is 10.7. The van der Waals surface area contributed by atoms with E-state index < -0.39 is 0 Å². The largest absolute Gasteiger partial charge is 0.463 e. The van der Waals surface area contributed by atoms with Crippen LogP contribution in [0.25, 0.3) is 0 Å². The van der Waals surface area contributed by atoms with Gasteiger partial charge in [-0.1, -0.05) is 6.92 Å². The predicted octanol–water partition coefficient (Wildman–Crippen LogP) is 1.06. The Balaban J connectivity index is 3.32. The monoisotopic (exact) mass is 157 g/mol. The van der Waals surface area contributed by atoms with Crippen LogP contribution in [0.5, 0.6) is 0 Å². The zero-order chi connectivity index (χ0) is 8.53. The molecule has 0 fully saturated rings. The number of nitrogens with one attached hydrogen (secondary N) is 1. The van der Waals surface area contributed by atoms with Gasteiger partial charge in [0.1, 0.15) is 0 Å². The SMILES string of the molecule is CCCN/C=C/C(=O)OCC. The molecular formula is C8H15NO2. The molecule has 0 rings (SSSR count). The van der Waals surface area contributed by atoms with Gasteiger partial charge in [0.2, 0.25) is 0 Å². The molecule has 11 heavy (non-hydrogen) atoms. The van der Waals surface area contributed by atoms with E-state index in [4.69, 9.17) is 0 Å². The van der Waals surface area contributed by atoms with E-state index in [1.807, 2.05) is 0 Å². The van der Waals surface area contributed by atoms with E-state index in [0.29, 0.717) is 6.61 Å². The van der Waals surface area contributed by atoms with E-state index in [9.17, 15) is 4.79 Å². The summed E-state index contributed by atoms with van der Waals surface area (Å²) in [6, 6.07) is 0. The third kappa shape index (κ3) is 6.90. The van der Waals surface area contributed by atoms with Gasteiger partial charge >= 0.3 is 5.97 Å². The summed E-state index contributed by atoms with van der Waals surface area (Å²) in [5.41, 5.74) is 0. The molecule has 1 N–H and O–H groups in total. The molecule has 0 heterocycles. The van der Waals surface area contributed by atoms with Crippen molar-refractivity contribution in [2.75, 3.05) is 13.2 Å². The molecule has 0 saturated carbocycles. The van der Waals surface area contributed by atoms with Crippen LogP contribution in [0.2, 0.25) is 0 Å². The lowest BCUT2D eigenvalue weighted by atomic mass is 10.5. The normalized spacial score (nSPS) is 10.0. The van der Waals surface area contributed by atoms with Gasteiger partial charge in [-0.15, -0.1) is 0 Å². The molecule has 3 nitrogen and oxygen atoms in total. The maximum atomic E-state index is 10.7. The van der Waals surface area contributed by atoms with Crippen molar-refractivity contribution in [1.82, 2.24) is 5.32 Å². The predicted molar refractivity (Wildman–Crippen MR) is 44.1 cm³/mol. The molecule has 64 valence electrons. The second-order valence-corrected chi connectivity index (χ2v) is 2.04. The molecule has 0 aromatic heterocycles. The molecule has 0 atom stereocenters. The molecule has 0 aliphatic heterocycles. The summed E-state index contributed by atoms with van der Waals surface area (Å²) in [7, 11) is 0. The molecule has 0 bridgehead atoms. The Morgan fingerprint density at radius 3 is 2.82 bits per heavy atom. The lowest BCUT2D eigenvalue weighted by Gasteiger charge is -1.96. The van der Waals surface area contributed by atoms with Gasteiger partial charge < -0.3 is 10.1 Å². The highest BCUT2D eigenvalue weighted by Gasteiger charge is 1.90. The molecular weight excluding hydrogens is 142 g/mol. The van der Waals surface area contributed by atoms with Crippen LogP contribution in [0.3, 0.4) is 0 Å². The van der Waals surface area contributed by atoms with Crippen molar-refractivity contribution in [2.45, 2.75) is 20.3 Å². The van der Waals surface area contributed by atoms with Crippen LogP contribution >= 0.6 is 0 Å². The summed E-state index contributed by atoms with van der Waals surface area (Å²) in [6.07, 6.45) is 4.05. The van der Waals surface area contributed by atoms with Gasteiger partial charge in [-0.3, -0.25) is 0 Å². The quantitative estimate of drug-likeness (QED) is 0.368. The van der Waals surface area contributed by atoms with Crippen molar-refractivity contribution in [3.05, 3.63) is 12.3 Å². The highest BCUT2D eigenvalue weighted by atomic mass is 16.5. The average molecular weight is 157 g/mol. The minimum atomic E-state index is -0.295. The van der Waals surface area contributed by atoms with Gasteiger partial charge in [0.05, 0.1) is 6.61 Å². The van der Waals surface area contributed by atoms with Crippen LogP contribution in [0, 0.1) is 0 Å². The van der Waals surface area contributed by atoms with Gasteiger partial charge in [-0.25, -0.2) is 4.79 Å². The smallest absolute Gasteiger partial charge is 0.332 e. The van der Waals surface area contributed by atoms with Crippen molar-refractivity contribution in [2.24, 2.45) is 0 Å². The number of hydrogen-bond acceptors (Lipinski definition) is 3. The Labute approximate surface area is 67.4 Å². The van der Waals surface area contributed by atoms with Crippen molar-refractivity contribution in [1.29, 1.82) is 0 Å². The van der Waals surface area contributed by atoms with Gasteiger partial charge in [-0.2, -0.15) is 0 Å². The van der Waals surface area contributed by atoms with Crippen LogP contribution in [0.15, 0.2) is 12.3 Å². The second-order valence-electron chi connectivity index (χ2n) is 2.04. The standard InChI is InChI=1S/C8H15NO2/c1-3-6-9-7-5-8(10)11-4-2/h5,7,9H,3-4,6H2,1-2H3/b7-5+. The molecule has 0 aromatic rings. The molecule has 0 unspecified atom stereocenters. The van der Waals surface area contributed by atoms with Gasteiger partial charge in [-0.05, 0) is 13.3 Å². The summed E-state index contributed by atoms with van der Waals surface area (Å²) in [5, 5.41) is 2.94. The number of ether oxygens (including phenoxy) is 1. The number of carbonyl (C=O) groups excluding carboxylic acids is 1. The molecule has 0 aliphatic rings. The van der Waals surface area contributed by atoms with Crippen LogP contribution in [-0.4, -0.2) is 19.1 Å². The van der Waals surface area contributed by atoms with Crippen molar-refractivity contribution >= 4 is 5.97 Å². The fraction of sp³-hybridized carbons (Fsp3) is 0.625. The zero-order valence-electron chi connectivity index (χ0n) is 7.09. The molecule has 0 amide bonds. The number of hydrogen-bond donors (Lipinski definition) is 1. The minimum Gasteiger partial charge on any atom is -0.463 e. The summed E-state index contributed by atoms with van der Waals surface area (Å²) in [6.45, 7) is 5.16. The van der Waals surface area contributed by atoms with Gasteiger partial charge in [0.25, 0.3) is 0 Å². The minimum absolute atomic E-state index is 0.295. The van der Waals surface area contributed by atoms with Crippen molar-refractivity contribution < 1.29 is 9.53 Å². The first-order valence-electron chi connectivity index (χ1n) is 3.88. The second kappa shape index (κ2) is 7.12. The topological polar surface area (TPSA) is 38.3 Å². The first-order valence-corrected chi connectivity index (χ1v) is 3.88. The van der Waals surface area contributed by atoms with E-state index in [2.05, 4.69) is 17.0 Å². The summed E-state index contributed by atoms with van der Waals surface area (Å²) < 4.78 is 4.66. The molecule has 0 spiro atoms. The number of carbonyl (C=O) groups is 1. The maximum Gasteiger partial charge on any atom is 0.332 e. The first-order chi connectivity index (χ1) is 5.31. The summed E-state index contributed by atoms with van der Waals surface area (Å²) >= 11 is 0. The van der Waals surface area contributed by atoms with Crippen LogP contribution in [-0.2, 0) is 9.53 Å². The first kappa shape index (κ1) is 10.0. The van der Waals surface area contributed by atoms with Gasteiger partial charge in [0, 0.05) is 18.8 Å². The van der Waals surface area contributed by atoms with Crippen molar-refractivity contribution in [3.8, 4) is 0 Å². The Morgan fingerprint density at radius 2 is 2.27 bits per heavy atom. The van der Waals surface area contributed by atoms with E-state index in [-0.39, 0.29) is 5.97 Å².